The highest BCUT2D eigenvalue weighted by Gasteiger charge is 2.42. The average molecular weight is 469 g/mol. The van der Waals surface area contributed by atoms with E-state index >= 15 is 0 Å². The summed E-state index contributed by atoms with van der Waals surface area (Å²) >= 11 is 0. The molecule has 2 fully saturated rings. The largest absolute Gasteiger partial charge is 0.496 e. The van der Waals surface area contributed by atoms with Crippen LogP contribution >= 0.6 is 0 Å². The molecule has 2 aromatic rings. The molecule has 182 valence electrons. The maximum atomic E-state index is 12.9. The van der Waals surface area contributed by atoms with Gasteiger partial charge in [-0.3, -0.25) is 9.59 Å². The molecule has 34 heavy (non-hydrogen) atoms. The van der Waals surface area contributed by atoms with Crippen LogP contribution in [0.25, 0.3) is 0 Å². The average Bonchev–Trinajstić information content (AvgIpc) is 3.12. The van der Waals surface area contributed by atoms with E-state index in [1.54, 1.807) is 13.2 Å². The summed E-state index contributed by atoms with van der Waals surface area (Å²) in [5.41, 5.74) is 1.87. The van der Waals surface area contributed by atoms with Gasteiger partial charge in [0.1, 0.15) is 11.6 Å². The predicted octanol–water partition coefficient (Wildman–Crippen LogP) is 1.41. The van der Waals surface area contributed by atoms with Gasteiger partial charge in [0.15, 0.2) is 0 Å². The quantitative estimate of drug-likeness (QED) is 0.462. The van der Waals surface area contributed by atoms with Crippen LogP contribution < -0.4 is 20.3 Å². The van der Waals surface area contributed by atoms with E-state index in [0.29, 0.717) is 16.9 Å². The van der Waals surface area contributed by atoms with Gasteiger partial charge in [-0.25, -0.2) is 4.98 Å². The van der Waals surface area contributed by atoms with Crippen molar-refractivity contribution in [3.05, 3.63) is 53.2 Å². The van der Waals surface area contributed by atoms with E-state index in [4.69, 9.17) is 9.84 Å². The number of hydrogen-bond donors (Lipinski definition) is 4. The molecule has 4 atom stereocenters. The first-order valence-electron chi connectivity index (χ1n) is 11.7. The fourth-order valence-corrected chi connectivity index (χ4v) is 5.06. The smallest absolute Gasteiger partial charge is 0.252 e. The number of nitrogens with one attached hydrogen (secondary N) is 2. The van der Waals surface area contributed by atoms with Gasteiger partial charge in [-0.1, -0.05) is 6.07 Å². The molecule has 0 saturated carbocycles. The van der Waals surface area contributed by atoms with E-state index in [1.807, 2.05) is 31.2 Å². The number of benzene rings is 1. The molecule has 3 heterocycles. The van der Waals surface area contributed by atoms with Crippen molar-refractivity contribution in [1.29, 1.82) is 0 Å². The van der Waals surface area contributed by atoms with Crippen LogP contribution in [0, 0.1) is 6.92 Å². The van der Waals surface area contributed by atoms with E-state index in [0.717, 1.165) is 37.1 Å². The highest BCUT2D eigenvalue weighted by Crippen LogP contribution is 2.38. The molecule has 2 aliphatic rings. The molecule has 4 N–H and O–H groups in total. The number of anilines is 1. The Labute approximate surface area is 199 Å². The number of hydrogen-bond acceptors (Lipinski definition) is 7. The molecule has 9 nitrogen and oxygen atoms in total. The molecule has 2 aliphatic heterocycles. The van der Waals surface area contributed by atoms with Crippen LogP contribution in [0.3, 0.4) is 0 Å². The molecule has 1 aromatic carbocycles. The molecule has 0 aliphatic carbocycles. The minimum Gasteiger partial charge on any atom is -0.496 e. The molecule has 1 unspecified atom stereocenters. The second-order valence-electron chi connectivity index (χ2n) is 9.02. The Morgan fingerprint density at radius 1 is 1.18 bits per heavy atom. The first-order valence-corrected chi connectivity index (χ1v) is 11.7. The number of piperidine rings is 1. The number of amides is 2. The number of aliphatic hydroxyl groups is 2. The van der Waals surface area contributed by atoms with E-state index in [-0.39, 0.29) is 36.5 Å². The summed E-state index contributed by atoms with van der Waals surface area (Å²) in [6.45, 7) is 1.47. The van der Waals surface area contributed by atoms with Gasteiger partial charge in [0.05, 0.1) is 25.4 Å². The van der Waals surface area contributed by atoms with Gasteiger partial charge in [0.2, 0.25) is 0 Å². The van der Waals surface area contributed by atoms with Crippen molar-refractivity contribution in [3.63, 3.8) is 0 Å². The predicted molar refractivity (Wildman–Crippen MR) is 127 cm³/mol. The number of aliphatic hydroxyl groups excluding tert-OH is 2. The molecule has 2 saturated heterocycles. The lowest BCUT2D eigenvalue weighted by atomic mass is 9.96. The van der Waals surface area contributed by atoms with Crippen LogP contribution in [0.1, 0.15) is 52.0 Å². The molecule has 0 spiro atoms. The van der Waals surface area contributed by atoms with Crippen molar-refractivity contribution in [2.75, 3.05) is 25.2 Å². The molecule has 0 radical (unpaired) electrons. The zero-order valence-electron chi connectivity index (χ0n) is 19.5. The van der Waals surface area contributed by atoms with E-state index < -0.39 is 12.7 Å². The van der Waals surface area contributed by atoms with Crippen LogP contribution in [0.4, 0.5) is 5.82 Å². The highest BCUT2D eigenvalue weighted by atomic mass is 16.5. The van der Waals surface area contributed by atoms with Gasteiger partial charge in [-0.15, -0.1) is 0 Å². The van der Waals surface area contributed by atoms with Gasteiger partial charge in [-0.05, 0) is 56.9 Å². The lowest BCUT2D eigenvalue weighted by molar-refractivity contribution is 0.0801. The Morgan fingerprint density at radius 2 is 1.91 bits per heavy atom. The number of carbonyl (C=O) groups is 2. The third kappa shape index (κ3) is 5.00. The second kappa shape index (κ2) is 10.4. The summed E-state index contributed by atoms with van der Waals surface area (Å²) in [4.78, 5) is 32.0. The van der Waals surface area contributed by atoms with Crippen LogP contribution in [-0.4, -0.2) is 71.5 Å². The Balaban J connectivity index is 1.38. The Kier molecular flexibility index (Phi) is 7.33. The van der Waals surface area contributed by atoms with Crippen molar-refractivity contribution >= 4 is 17.6 Å². The number of methoxy groups -OCH3 is 1. The lowest BCUT2D eigenvalue weighted by Crippen LogP contribution is -2.50. The van der Waals surface area contributed by atoms with Crippen LogP contribution in [0.15, 0.2) is 36.5 Å². The summed E-state index contributed by atoms with van der Waals surface area (Å²) in [5.74, 6) is 1.11. The van der Waals surface area contributed by atoms with Gasteiger partial charge in [0, 0.05) is 42.0 Å². The maximum Gasteiger partial charge on any atom is 0.252 e. The Hall–Kier alpha value is -3.17. The van der Waals surface area contributed by atoms with E-state index in [1.165, 1.54) is 6.20 Å². The Morgan fingerprint density at radius 3 is 2.53 bits per heavy atom. The summed E-state index contributed by atoms with van der Waals surface area (Å²) in [7, 11) is 1.60. The molecule has 2 bridgehead atoms. The van der Waals surface area contributed by atoms with Crippen molar-refractivity contribution in [2.24, 2.45) is 0 Å². The molecular formula is C25H32N4O5. The number of nitrogens with zero attached hydrogens (tertiary/aromatic N) is 2. The van der Waals surface area contributed by atoms with E-state index in [2.05, 4.69) is 20.5 Å². The van der Waals surface area contributed by atoms with Crippen LogP contribution in [0.5, 0.6) is 5.75 Å². The fourth-order valence-electron chi connectivity index (χ4n) is 5.06. The second-order valence-corrected chi connectivity index (χ2v) is 9.02. The Bertz CT molecular complexity index is 1010. The van der Waals surface area contributed by atoms with E-state index in [9.17, 15) is 14.7 Å². The van der Waals surface area contributed by atoms with Crippen molar-refractivity contribution in [3.8, 4) is 5.75 Å². The van der Waals surface area contributed by atoms with Gasteiger partial charge in [0.25, 0.3) is 11.8 Å². The number of pyridine rings is 1. The number of aromatic nitrogens is 1. The number of carbonyl (C=O) groups excluding carboxylic acids is 2. The topological polar surface area (TPSA) is 124 Å². The maximum absolute atomic E-state index is 12.9. The number of ether oxygens (including phenoxy) is 1. The van der Waals surface area contributed by atoms with Gasteiger partial charge in [-0.2, -0.15) is 0 Å². The molecule has 1 aromatic heterocycles. The zero-order valence-corrected chi connectivity index (χ0v) is 19.5. The third-order valence-corrected chi connectivity index (χ3v) is 6.80. The standard InChI is InChI=1S/C25H32N4O5/c1-15-21(4-3-5-22(15)34-2)25(33)28-17-10-18-7-8-19(11-17)29(18)23-9-6-16(12-26-23)24(32)27-13-20(31)14-30/h3-6,9,12,17-20,30-31H,7-8,10-11,13-14H2,1-2H3,(H,27,32)(H,28,33)/t17-,18+,19-,20?. The lowest BCUT2D eigenvalue weighted by Gasteiger charge is -2.40. The molecular weight excluding hydrogens is 436 g/mol. The molecule has 9 heteroatoms. The minimum atomic E-state index is -0.985. The first kappa shape index (κ1) is 24.0. The van der Waals surface area contributed by atoms with Crippen molar-refractivity contribution in [2.45, 2.75) is 56.8 Å². The SMILES string of the molecule is COc1cccc(C(=O)N[C@H]2C[C@H]3CC[C@@H](C2)N3c2ccc(C(=O)NCC(O)CO)cn2)c1C. The minimum absolute atomic E-state index is 0.0181. The fraction of sp³-hybridized carbons (Fsp3) is 0.480. The van der Waals surface area contributed by atoms with Crippen molar-refractivity contribution in [1.82, 2.24) is 15.6 Å². The zero-order chi connectivity index (χ0) is 24.2. The van der Waals surface area contributed by atoms with Crippen LogP contribution in [-0.2, 0) is 0 Å². The molecule has 4 rings (SSSR count). The van der Waals surface area contributed by atoms with Crippen LogP contribution in [0.2, 0.25) is 0 Å². The monoisotopic (exact) mass is 468 g/mol. The highest BCUT2D eigenvalue weighted by molar-refractivity contribution is 5.96. The molecule has 2 amide bonds. The summed E-state index contributed by atoms with van der Waals surface area (Å²) in [5, 5.41) is 24.1. The summed E-state index contributed by atoms with van der Waals surface area (Å²) in [6, 6.07) is 9.73. The number of rotatable bonds is 8. The first-order chi connectivity index (χ1) is 16.4. The van der Waals surface area contributed by atoms with Gasteiger partial charge < -0.3 is 30.5 Å². The van der Waals surface area contributed by atoms with Crippen molar-refractivity contribution < 1.29 is 24.5 Å². The summed E-state index contributed by atoms with van der Waals surface area (Å²) < 4.78 is 5.35. The number of fused-ring (bicyclic) bond motifs is 2. The normalized spacial score (nSPS) is 22.2. The third-order valence-electron chi connectivity index (χ3n) is 6.80. The van der Waals surface area contributed by atoms with Gasteiger partial charge >= 0.3 is 0 Å². The summed E-state index contributed by atoms with van der Waals surface area (Å²) in [6.07, 6.45) is 4.31.